The number of rotatable bonds is 1. The van der Waals surface area contributed by atoms with Crippen molar-refractivity contribution >= 4 is 0 Å². The topological polar surface area (TPSA) is 0 Å². The van der Waals surface area contributed by atoms with Crippen LogP contribution in [0.1, 0.15) is 23.6 Å². The summed E-state index contributed by atoms with van der Waals surface area (Å²) in [6, 6.07) is 12.0. The first-order valence-electron chi connectivity index (χ1n) is 5.69. The van der Waals surface area contributed by atoms with E-state index in [1.165, 1.54) is 11.1 Å². The second-order valence-electron chi connectivity index (χ2n) is 4.29. The summed E-state index contributed by atoms with van der Waals surface area (Å²) in [6.07, 6.45) is 1.62. The van der Waals surface area contributed by atoms with Gasteiger partial charge in [0.05, 0.1) is 0 Å². The van der Waals surface area contributed by atoms with E-state index in [9.17, 15) is 4.39 Å². The van der Waals surface area contributed by atoms with E-state index in [2.05, 4.69) is 25.1 Å². The van der Waals surface area contributed by atoms with Crippen molar-refractivity contribution in [1.29, 1.82) is 0 Å². The molecular weight excluding hydrogens is 199 g/mol. The van der Waals surface area contributed by atoms with E-state index in [4.69, 9.17) is 0 Å². The van der Waals surface area contributed by atoms with Gasteiger partial charge in [-0.2, -0.15) is 0 Å². The second-order valence-corrected chi connectivity index (χ2v) is 4.29. The maximum atomic E-state index is 13.9. The van der Waals surface area contributed by atoms with Crippen molar-refractivity contribution in [3.05, 3.63) is 58.9 Å². The molecule has 16 heavy (non-hydrogen) atoms. The molecule has 1 heteroatoms. The highest BCUT2D eigenvalue weighted by atomic mass is 19.1. The van der Waals surface area contributed by atoms with E-state index in [0.29, 0.717) is 0 Å². The van der Waals surface area contributed by atoms with Crippen molar-refractivity contribution in [3.8, 4) is 11.1 Å². The Balaban J connectivity index is 2.27. The largest absolute Gasteiger partial charge is 0.207 e. The highest BCUT2D eigenvalue weighted by Gasteiger charge is 2.21. The van der Waals surface area contributed by atoms with Gasteiger partial charge >= 0.3 is 0 Å². The molecule has 0 saturated carbocycles. The minimum absolute atomic E-state index is 0.0504. The summed E-state index contributed by atoms with van der Waals surface area (Å²) in [5.41, 5.74) is 5.47. The van der Waals surface area contributed by atoms with Crippen molar-refractivity contribution in [2.45, 2.75) is 19.8 Å². The quantitative estimate of drug-likeness (QED) is 0.572. The number of hydrogen-bond acceptors (Lipinski definition) is 0. The average Bonchev–Trinajstić information content (AvgIpc) is 2.68. The van der Waals surface area contributed by atoms with Gasteiger partial charge in [0.2, 0.25) is 0 Å². The third kappa shape index (κ3) is 1.28. The fourth-order valence-electron chi connectivity index (χ4n) is 2.44. The van der Waals surface area contributed by atoms with Crippen molar-refractivity contribution in [2.24, 2.45) is 0 Å². The van der Waals surface area contributed by atoms with Gasteiger partial charge in [0, 0.05) is 12.0 Å². The number of hydrogen-bond donors (Lipinski definition) is 0. The Morgan fingerprint density at radius 3 is 2.75 bits per heavy atom. The van der Waals surface area contributed by atoms with Crippen LogP contribution in [0.15, 0.2) is 36.4 Å². The molecule has 0 aliphatic heterocycles. The van der Waals surface area contributed by atoms with Crippen LogP contribution in [0.5, 0.6) is 0 Å². The smallest absolute Gasteiger partial charge is 0.127 e. The fourth-order valence-corrected chi connectivity index (χ4v) is 2.44. The van der Waals surface area contributed by atoms with Crippen LogP contribution in [0, 0.1) is 5.82 Å². The Morgan fingerprint density at radius 1 is 1.12 bits per heavy atom. The Labute approximate surface area is 94.7 Å². The molecule has 0 N–H and O–H groups in total. The molecule has 0 radical (unpaired) electrons. The van der Waals surface area contributed by atoms with E-state index in [0.717, 1.165) is 29.5 Å². The lowest BCUT2D eigenvalue weighted by molar-refractivity contribution is 0.614. The maximum Gasteiger partial charge on any atom is 0.127 e. The van der Waals surface area contributed by atoms with Gasteiger partial charge in [0.1, 0.15) is 5.82 Å². The molecule has 0 nitrogen and oxygen atoms in total. The lowest BCUT2D eigenvalue weighted by atomic mass is 10.0. The summed E-state index contributed by atoms with van der Waals surface area (Å²) in [5.74, 6) is -0.0504. The fraction of sp³-hybridized carbons (Fsp3) is 0.200. The molecule has 0 aromatic heterocycles. The minimum Gasteiger partial charge on any atom is -0.207 e. The Kier molecular flexibility index (Phi) is 2.06. The molecule has 0 heterocycles. The molecule has 0 fully saturated rings. The molecule has 0 amide bonds. The van der Waals surface area contributed by atoms with Crippen molar-refractivity contribution in [2.75, 3.05) is 0 Å². The van der Waals surface area contributed by atoms with E-state index in [-0.39, 0.29) is 5.82 Å². The molecule has 0 unspecified atom stereocenters. The summed E-state index contributed by atoms with van der Waals surface area (Å²) in [4.78, 5) is 0. The third-order valence-corrected chi connectivity index (χ3v) is 3.34. The van der Waals surface area contributed by atoms with Crippen LogP contribution in [0.3, 0.4) is 0 Å². The first-order valence-corrected chi connectivity index (χ1v) is 5.69. The van der Waals surface area contributed by atoms with Gasteiger partial charge in [-0.05, 0) is 34.7 Å². The number of aryl methyl sites for hydroxylation is 1. The first kappa shape index (κ1) is 9.59. The van der Waals surface area contributed by atoms with Crippen molar-refractivity contribution < 1.29 is 4.39 Å². The van der Waals surface area contributed by atoms with E-state index >= 15 is 0 Å². The second kappa shape index (κ2) is 3.44. The standard InChI is InChI=1S/C15H13F/c1-2-10-7-13-12-6-4-3-5-11(12)9-14(13)15(16)8-10/h3-8H,2,9H2,1H3. The third-order valence-electron chi connectivity index (χ3n) is 3.34. The summed E-state index contributed by atoms with van der Waals surface area (Å²) in [7, 11) is 0. The van der Waals surface area contributed by atoms with E-state index < -0.39 is 0 Å². The molecule has 2 aromatic carbocycles. The Bertz CT molecular complexity index is 555. The van der Waals surface area contributed by atoms with Crippen LogP contribution in [-0.4, -0.2) is 0 Å². The van der Waals surface area contributed by atoms with Crippen LogP contribution in [-0.2, 0) is 12.8 Å². The molecule has 3 rings (SSSR count). The molecule has 1 aliphatic rings. The molecule has 0 spiro atoms. The van der Waals surface area contributed by atoms with Gasteiger partial charge in [0.15, 0.2) is 0 Å². The average molecular weight is 212 g/mol. The highest BCUT2D eigenvalue weighted by molar-refractivity contribution is 5.77. The van der Waals surface area contributed by atoms with Gasteiger partial charge in [-0.3, -0.25) is 0 Å². The van der Waals surface area contributed by atoms with Crippen molar-refractivity contribution in [3.63, 3.8) is 0 Å². The molecule has 0 bridgehead atoms. The minimum atomic E-state index is -0.0504. The number of benzene rings is 2. The van der Waals surface area contributed by atoms with Crippen LogP contribution in [0.4, 0.5) is 4.39 Å². The Hall–Kier alpha value is -1.63. The molecular formula is C15H13F. The predicted octanol–water partition coefficient (Wildman–Crippen LogP) is 3.96. The van der Waals surface area contributed by atoms with Gasteiger partial charge in [-0.15, -0.1) is 0 Å². The SMILES string of the molecule is CCc1cc(F)c2c(c1)-c1ccccc1C2. The molecule has 0 saturated heterocycles. The zero-order valence-electron chi connectivity index (χ0n) is 9.26. The number of fused-ring (bicyclic) bond motifs is 3. The lowest BCUT2D eigenvalue weighted by Gasteiger charge is -2.05. The Morgan fingerprint density at radius 2 is 1.94 bits per heavy atom. The van der Waals surface area contributed by atoms with Gasteiger partial charge in [-0.1, -0.05) is 37.3 Å². The van der Waals surface area contributed by atoms with Crippen LogP contribution in [0.2, 0.25) is 0 Å². The van der Waals surface area contributed by atoms with Crippen molar-refractivity contribution in [1.82, 2.24) is 0 Å². The molecule has 2 aromatic rings. The van der Waals surface area contributed by atoms with Gasteiger partial charge in [0.25, 0.3) is 0 Å². The summed E-state index contributed by atoms with van der Waals surface area (Å²) < 4.78 is 13.9. The van der Waals surface area contributed by atoms with Gasteiger partial charge in [-0.25, -0.2) is 4.39 Å². The van der Waals surface area contributed by atoms with Crippen LogP contribution < -0.4 is 0 Å². The molecule has 80 valence electrons. The van der Waals surface area contributed by atoms with Crippen LogP contribution in [0.25, 0.3) is 11.1 Å². The van der Waals surface area contributed by atoms with Crippen LogP contribution >= 0.6 is 0 Å². The van der Waals surface area contributed by atoms with E-state index in [1.54, 1.807) is 6.07 Å². The number of halogens is 1. The summed E-state index contributed by atoms with van der Waals surface area (Å²) in [6.45, 7) is 2.06. The zero-order chi connectivity index (χ0) is 11.1. The van der Waals surface area contributed by atoms with Gasteiger partial charge < -0.3 is 0 Å². The van der Waals surface area contributed by atoms with E-state index in [1.807, 2.05) is 12.1 Å². The normalized spacial score (nSPS) is 12.4. The maximum absolute atomic E-state index is 13.9. The molecule has 1 aliphatic carbocycles. The monoisotopic (exact) mass is 212 g/mol. The summed E-state index contributed by atoms with van der Waals surface area (Å²) in [5, 5.41) is 0. The lowest BCUT2D eigenvalue weighted by Crippen LogP contribution is -1.91. The predicted molar refractivity (Wildman–Crippen MR) is 64.0 cm³/mol. The first-order chi connectivity index (χ1) is 7.79. The highest BCUT2D eigenvalue weighted by Crippen LogP contribution is 2.38. The molecule has 0 atom stereocenters. The zero-order valence-corrected chi connectivity index (χ0v) is 9.26. The summed E-state index contributed by atoms with van der Waals surface area (Å²) >= 11 is 0.